The summed E-state index contributed by atoms with van der Waals surface area (Å²) in [5.41, 5.74) is 0. The van der Waals surface area contributed by atoms with Gasteiger partial charge in [0.2, 0.25) is 5.91 Å². The number of carbonyl (C=O) groups is 2. The maximum atomic E-state index is 12.2. The summed E-state index contributed by atoms with van der Waals surface area (Å²) in [5.74, 6) is -0.854. The third-order valence-electron chi connectivity index (χ3n) is 3.14. The van der Waals surface area contributed by atoms with Crippen molar-refractivity contribution in [3.8, 4) is 0 Å². The third kappa shape index (κ3) is 3.30. The van der Waals surface area contributed by atoms with Gasteiger partial charge in [-0.15, -0.1) is 6.58 Å². The van der Waals surface area contributed by atoms with E-state index in [0.29, 0.717) is 13.0 Å². The van der Waals surface area contributed by atoms with Gasteiger partial charge in [-0.05, 0) is 20.4 Å². The van der Waals surface area contributed by atoms with E-state index in [9.17, 15) is 9.59 Å². The Morgan fingerprint density at radius 3 is 2.82 bits per heavy atom. The fourth-order valence-electron chi connectivity index (χ4n) is 2.25. The minimum Gasteiger partial charge on any atom is -0.481 e. The van der Waals surface area contributed by atoms with Crippen LogP contribution in [0.5, 0.6) is 0 Å². The van der Waals surface area contributed by atoms with Crippen LogP contribution in [0.25, 0.3) is 0 Å². The number of hydrogen-bond acceptors (Lipinski definition) is 3. The summed E-state index contributed by atoms with van der Waals surface area (Å²) in [6, 6.07) is -0.172. The average Bonchev–Trinajstić information content (AvgIpc) is 2.23. The molecule has 2 atom stereocenters. The van der Waals surface area contributed by atoms with Crippen molar-refractivity contribution in [1.29, 1.82) is 0 Å². The number of aliphatic carboxylic acids is 1. The molecule has 0 bridgehead atoms. The van der Waals surface area contributed by atoms with Gasteiger partial charge in [-0.1, -0.05) is 6.08 Å². The zero-order chi connectivity index (χ0) is 13.0. The van der Waals surface area contributed by atoms with Crippen molar-refractivity contribution >= 4 is 11.9 Å². The summed E-state index contributed by atoms with van der Waals surface area (Å²) in [7, 11) is 1.87. The van der Waals surface area contributed by atoms with E-state index in [1.807, 2.05) is 18.9 Å². The predicted octanol–water partition coefficient (Wildman–Crippen LogP) is 0.568. The molecule has 1 aliphatic rings. The molecule has 1 aliphatic heterocycles. The van der Waals surface area contributed by atoms with Crippen LogP contribution in [0.15, 0.2) is 12.7 Å². The molecule has 0 aromatic heterocycles. The second-order valence-corrected chi connectivity index (χ2v) is 4.52. The second-order valence-electron chi connectivity index (χ2n) is 4.52. The van der Waals surface area contributed by atoms with Gasteiger partial charge in [-0.2, -0.15) is 0 Å². The Balaban J connectivity index is 2.71. The van der Waals surface area contributed by atoms with E-state index >= 15 is 0 Å². The van der Waals surface area contributed by atoms with Crippen molar-refractivity contribution < 1.29 is 14.7 Å². The Hall–Kier alpha value is -1.36. The smallest absolute Gasteiger partial charge is 0.303 e. The van der Waals surface area contributed by atoms with E-state index in [1.165, 1.54) is 0 Å². The van der Waals surface area contributed by atoms with E-state index in [0.717, 1.165) is 6.54 Å². The Bertz CT molecular complexity index is 317. The highest BCUT2D eigenvalue weighted by atomic mass is 16.4. The molecule has 0 radical (unpaired) electrons. The summed E-state index contributed by atoms with van der Waals surface area (Å²) in [4.78, 5) is 26.5. The first kappa shape index (κ1) is 13.7. The van der Waals surface area contributed by atoms with Crippen molar-refractivity contribution in [2.75, 3.05) is 20.1 Å². The highest BCUT2D eigenvalue weighted by Gasteiger charge is 2.35. The van der Waals surface area contributed by atoms with Crippen molar-refractivity contribution in [3.63, 3.8) is 0 Å². The third-order valence-corrected chi connectivity index (χ3v) is 3.14. The first-order valence-electron chi connectivity index (χ1n) is 5.80. The second kappa shape index (κ2) is 5.82. The molecule has 0 saturated carbocycles. The molecule has 0 aliphatic carbocycles. The number of likely N-dealkylation sites (N-methyl/N-ethyl adjacent to an activating group) is 1. The van der Waals surface area contributed by atoms with Crippen LogP contribution >= 0.6 is 0 Å². The highest BCUT2D eigenvalue weighted by molar-refractivity contribution is 5.83. The first-order valence-corrected chi connectivity index (χ1v) is 5.80. The maximum absolute atomic E-state index is 12.2. The predicted molar refractivity (Wildman–Crippen MR) is 64.7 cm³/mol. The number of amides is 1. The van der Waals surface area contributed by atoms with Crippen LogP contribution in [0, 0.1) is 0 Å². The Kier molecular flexibility index (Phi) is 4.69. The first-order chi connectivity index (χ1) is 7.97. The molecule has 1 fully saturated rings. The molecular weight excluding hydrogens is 220 g/mol. The lowest BCUT2D eigenvalue weighted by Crippen LogP contribution is -2.59. The molecule has 0 aromatic rings. The monoisotopic (exact) mass is 240 g/mol. The molecule has 96 valence electrons. The number of nitrogens with zero attached hydrogens (tertiary/aromatic N) is 2. The number of carboxylic acid groups (broad SMARTS) is 1. The van der Waals surface area contributed by atoms with E-state index in [4.69, 9.17) is 5.11 Å². The van der Waals surface area contributed by atoms with Crippen LogP contribution in [0.2, 0.25) is 0 Å². The lowest BCUT2D eigenvalue weighted by molar-refractivity contribution is -0.145. The summed E-state index contributed by atoms with van der Waals surface area (Å²) >= 11 is 0. The molecule has 1 saturated heterocycles. The van der Waals surface area contributed by atoms with Gasteiger partial charge in [-0.25, -0.2) is 0 Å². The van der Waals surface area contributed by atoms with E-state index in [2.05, 4.69) is 6.58 Å². The summed E-state index contributed by atoms with van der Waals surface area (Å²) in [5, 5.41) is 8.68. The van der Waals surface area contributed by atoms with Gasteiger partial charge >= 0.3 is 5.97 Å². The fourth-order valence-corrected chi connectivity index (χ4v) is 2.25. The SMILES string of the molecule is C=CCN1C(=O)C(CCC(=O)O)N(C)CC1C. The fraction of sp³-hybridized carbons (Fsp3) is 0.667. The normalized spacial score (nSPS) is 26.0. The highest BCUT2D eigenvalue weighted by Crippen LogP contribution is 2.18. The molecular formula is C12H20N2O3. The minimum atomic E-state index is -0.861. The molecule has 0 aromatic carbocycles. The lowest BCUT2D eigenvalue weighted by Gasteiger charge is -2.42. The van der Waals surface area contributed by atoms with Crippen LogP contribution in [-0.4, -0.2) is 59.0 Å². The van der Waals surface area contributed by atoms with Crippen LogP contribution < -0.4 is 0 Å². The molecule has 1 heterocycles. The number of rotatable bonds is 5. The van der Waals surface area contributed by atoms with Crippen LogP contribution in [0.4, 0.5) is 0 Å². The number of carboxylic acids is 1. The van der Waals surface area contributed by atoms with Crippen LogP contribution in [-0.2, 0) is 9.59 Å². The number of piperazine rings is 1. The van der Waals surface area contributed by atoms with Gasteiger partial charge in [0.15, 0.2) is 0 Å². The standard InChI is InChI=1S/C12H20N2O3/c1-4-7-14-9(2)8-13(3)10(12(14)17)5-6-11(15)16/h4,9-10H,1,5-8H2,2-3H3,(H,15,16). The van der Waals surface area contributed by atoms with Crippen molar-refractivity contribution in [1.82, 2.24) is 9.80 Å². The van der Waals surface area contributed by atoms with E-state index in [-0.39, 0.29) is 24.4 Å². The molecule has 5 heteroatoms. The topological polar surface area (TPSA) is 60.9 Å². The van der Waals surface area contributed by atoms with Gasteiger partial charge in [0.25, 0.3) is 0 Å². The van der Waals surface area contributed by atoms with Crippen molar-refractivity contribution in [2.45, 2.75) is 31.8 Å². The van der Waals surface area contributed by atoms with Crippen molar-refractivity contribution in [3.05, 3.63) is 12.7 Å². The zero-order valence-electron chi connectivity index (χ0n) is 10.4. The van der Waals surface area contributed by atoms with Crippen molar-refractivity contribution in [2.24, 2.45) is 0 Å². The Morgan fingerprint density at radius 2 is 2.29 bits per heavy atom. The van der Waals surface area contributed by atoms with Gasteiger partial charge < -0.3 is 10.0 Å². The lowest BCUT2D eigenvalue weighted by atomic mass is 10.0. The molecule has 0 spiro atoms. The molecule has 1 amide bonds. The van der Waals surface area contributed by atoms with E-state index in [1.54, 1.807) is 11.0 Å². The zero-order valence-corrected chi connectivity index (χ0v) is 10.4. The van der Waals surface area contributed by atoms with E-state index < -0.39 is 5.97 Å². The maximum Gasteiger partial charge on any atom is 0.303 e. The van der Waals surface area contributed by atoms with Gasteiger partial charge in [0.05, 0.1) is 6.04 Å². The quantitative estimate of drug-likeness (QED) is 0.714. The molecule has 17 heavy (non-hydrogen) atoms. The molecule has 1 N–H and O–H groups in total. The molecule has 1 rings (SSSR count). The van der Waals surface area contributed by atoms with Crippen LogP contribution in [0.1, 0.15) is 19.8 Å². The minimum absolute atomic E-state index is 0.00685. The van der Waals surface area contributed by atoms with Gasteiger partial charge in [0.1, 0.15) is 0 Å². The number of carbonyl (C=O) groups excluding carboxylic acids is 1. The summed E-state index contributed by atoms with van der Waals surface area (Å²) < 4.78 is 0. The average molecular weight is 240 g/mol. The summed E-state index contributed by atoms with van der Waals surface area (Å²) in [6.45, 7) is 6.92. The van der Waals surface area contributed by atoms with Gasteiger partial charge in [-0.3, -0.25) is 14.5 Å². The Labute approximate surface area is 102 Å². The largest absolute Gasteiger partial charge is 0.481 e. The van der Waals surface area contributed by atoms with Crippen LogP contribution in [0.3, 0.4) is 0 Å². The summed E-state index contributed by atoms with van der Waals surface area (Å²) in [6.07, 6.45) is 2.09. The molecule has 5 nitrogen and oxygen atoms in total. The van der Waals surface area contributed by atoms with Gasteiger partial charge in [0, 0.05) is 25.6 Å². The Morgan fingerprint density at radius 1 is 1.65 bits per heavy atom. The number of hydrogen-bond donors (Lipinski definition) is 1. The molecule has 2 unspecified atom stereocenters.